The monoisotopic (exact) mass is 398 g/mol. The molecule has 3 heteroatoms. The average Bonchev–Trinajstić information content (AvgIpc) is 3.20. The fourth-order valence-electron chi connectivity index (χ4n) is 4.92. The van der Waals surface area contributed by atoms with E-state index >= 15 is 0 Å². The van der Waals surface area contributed by atoms with Crippen LogP contribution in [0.2, 0.25) is 0 Å². The van der Waals surface area contributed by atoms with Gasteiger partial charge in [-0.2, -0.15) is 0 Å². The molecule has 3 nitrogen and oxygen atoms in total. The molecule has 0 saturated heterocycles. The third-order valence-corrected chi connectivity index (χ3v) is 6.73. The van der Waals surface area contributed by atoms with Gasteiger partial charge < -0.3 is 0 Å². The molecule has 0 heterocycles. The first-order chi connectivity index (χ1) is 13.9. The third-order valence-electron chi connectivity index (χ3n) is 6.73. The molecule has 29 heavy (non-hydrogen) atoms. The normalized spacial score (nSPS) is 20.9. The zero-order valence-electron chi connectivity index (χ0n) is 18.5. The van der Waals surface area contributed by atoms with E-state index in [1.165, 1.54) is 5.56 Å². The first-order valence-corrected chi connectivity index (χ1v) is 11.5. The van der Waals surface area contributed by atoms with E-state index in [0.29, 0.717) is 6.42 Å². The summed E-state index contributed by atoms with van der Waals surface area (Å²) in [6.45, 7) is 5.45. The number of rotatable bonds is 13. The lowest BCUT2D eigenvalue weighted by molar-refractivity contribution is -0.134. The van der Waals surface area contributed by atoms with E-state index in [-0.39, 0.29) is 41.0 Å². The van der Waals surface area contributed by atoms with Crippen molar-refractivity contribution in [1.29, 1.82) is 0 Å². The summed E-state index contributed by atoms with van der Waals surface area (Å²) < 4.78 is 0. The highest BCUT2D eigenvalue weighted by molar-refractivity contribution is 5.91. The molecule has 160 valence electrons. The number of hydrogen-bond donors (Lipinski definition) is 0. The first-order valence-electron chi connectivity index (χ1n) is 11.5. The second-order valence-corrected chi connectivity index (χ2v) is 8.92. The Morgan fingerprint density at radius 3 is 2.24 bits per heavy atom. The van der Waals surface area contributed by atoms with E-state index < -0.39 is 0 Å². The van der Waals surface area contributed by atoms with E-state index in [9.17, 15) is 14.4 Å². The topological polar surface area (TPSA) is 51.2 Å². The molecule has 1 aromatic carbocycles. The summed E-state index contributed by atoms with van der Waals surface area (Å²) in [4.78, 5) is 37.8. The molecule has 2 rings (SSSR count). The predicted molar refractivity (Wildman–Crippen MR) is 118 cm³/mol. The quantitative estimate of drug-likeness (QED) is 0.384. The number of hydrogen-bond acceptors (Lipinski definition) is 3. The van der Waals surface area contributed by atoms with Gasteiger partial charge in [-0.3, -0.25) is 14.4 Å². The van der Waals surface area contributed by atoms with Gasteiger partial charge in [0.25, 0.3) is 0 Å². The number of carbonyl (C=O) groups excluding carboxylic acids is 3. The lowest BCUT2D eigenvalue weighted by Gasteiger charge is -2.26. The Bertz CT molecular complexity index is 664. The second kappa shape index (κ2) is 12.0. The van der Waals surface area contributed by atoms with Gasteiger partial charge >= 0.3 is 0 Å². The first kappa shape index (κ1) is 23.5. The summed E-state index contributed by atoms with van der Waals surface area (Å²) in [5.74, 6) is 0.199. The summed E-state index contributed by atoms with van der Waals surface area (Å²) in [7, 11) is 0. The Morgan fingerprint density at radius 2 is 1.62 bits per heavy atom. The van der Waals surface area contributed by atoms with Gasteiger partial charge in [0.15, 0.2) is 0 Å². The molecule has 0 radical (unpaired) electrons. The SMILES string of the molecule is CCCCCC(CC(CCc1ccccc1)C(C)=O)C(=O)C1CCCC1C(C)=O. The highest BCUT2D eigenvalue weighted by Crippen LogP contribution is 2.37. The Balaban J connectivity index is 2.08. The molecule has 1 aromatic rings. The Hall–Kier alpha value is -1.77. The Labute approximate surface area is 176 Å². The second-order valence-electron chi connectivity index (χ2n) is 8.92. The molecule has 0 amide bonds. The molecular formula is C26H38O3. The molecule has 1 fully saturated rings. The smallest absolute Gasteiger partial charge is 0.139 e. The van der Waals surface area contributed by atoms with Gasteiger partial charge in [-0.25, -0.2) is 0 Å². The zero-order chi connectivity index (χ0) is 21.2. The van der Waals surface area contributed by atoms with Crippen LogP contribution in [-0.4, -0.2) is 17.3 Å². The van der Waals surface area contributed by atoms with Gasteiger partial charge in [0.1, 0.15) is 17.3 Å². The van der Waals surface area contributed by atoms with Crippen molar-refractivity contribution in [3.63, 3.8) is 0 Å². The highest BCUT2D eigenvalue weighted by Gasteiger charge is 2.39. The summed E-state index contributed by atoms with van der Waals surface area (Å²) in [5, 5.41) is 0. The molecule has 1 aliphatic carbocycles. The van der Waals surface area contributed by atoms with Crippen LogP contribution in [0, 0.1) is 23.7 Å². The maximum absolute atomic E-state index is 13.4. The van der Waals surface area contributed by atoms with E-state index in [1.54, 1.807) is 13.8 Å². The summed E-state index contributed by atoms with van der Waals surface area (Å²) >= 11 is 0. The van der Waals surface area contributed by atoms with Crippen molar-refractivity contribution < 1.29 is 14.4 Å². The fourth-order valence-corrected chi connectivity index (χ4v) is 4.92. The number of aryl methyl sites for hydroxylation is 1. The summed E-state index contributed by atoms with van der Waals surface area (Å²) in [5.41, 5.74) is 1.24. The lowest BCUT2D eigenvalue weighted by atomic mass is 9.76. The number of Topliss-reactive ketones (excluding diaryl/α,β-unsaturated/α-hetero) is 3. The number of ketones is 3. The van der Waals surface area contributed by atoms with Crippen LogP contribution in [0.3, 0.4) is 0 Å². The molecule has 0 N–H and O–H groups in total. The molecule has 4 unspecified atom stereocenters. The van der Waals surface area contributed by atoms with E-state index in [0.717, 1.165) is 57.8 Å². The van der Waals surface area contributed by atoms with Crippen molar-refractivity contribution in [2.75, 3.05) is 0 Å². The van der Waals surface area contributed by atoms with Gasteiger partial charge in [0.2, 0.25) is 0 Å². The molecule has 0 aromatic heterocycles. The largest absolute Gasteiger partial charge is 0.300 e. The minimum atomic E-state index is -0.124. The van der Waals surface area contributed by atoms with Crippen molar-refractivity contribution in [2.24, 2.45) is 23.7 Å². The van der Waals surface area contributed by atoms with Crippen LogP contribution in [0.5, 0.6) is 0 Å². The van der Waals surface area contributed by atoms with Crippen LogP contribution in [-0.2, 0) is 20.8 Å². The maximum Gasteiger partial charge on any atom is 0.139 e. The third kappa shape index (κ3) is 7.21. The van der Waals surface area contributed by atoms with Crippen LogP contribution < -0.4 is 0 Å². The van der Waals surface area contributed by atoms with Crippen molar-refractivity contribution in [3.05, 3.63) is 35.9 Å². The minimum Gasteiger partial charge on any atom is -0.300 e. The average molecular weight is 399 g/mol. The van der Waals surface area contributed by atoms with Crippen molar-refractivity contribution >= 4 is 17.3 Å². The van der Waals surface area contributed by atoms with Crippen LogP contribution in [0.4, 0.5) is 0 Å². The number of benzene rings is 1. The standard InChI is InChI=1S/C26H38O3/c1-4-5-7-13-23(26(29)25-15-10-14-24(25)20(3)28)18-22(19(2)27)17-16-21-11-8-6-9-12-21/h6,8-9,11-12,22-25H,4-5,7,10,13-18H2,1-3H3. The zero-order valence-corrected chi connectivity index (χ0v) is 18.5. The molecule has 0 bridgehead atoms. The van der Waals surface area contributed by atoms with Crippen LogP contribution in [0.1, 0.15) is 84.1 Å². The fraction of sp³-hybridized carbons (Fsp3) is 0.654. The van der Waals surface area contributed by atoms with Crippen molar-refractivity contribution in [1.82, 2.24) is 0 Å². The molecule has 0 spiro atoms. The molecule has 4 atom stereocenters. The molecule has 1 aliphatic rings. The highest BCUT2D eigenvalue weighted by atomic mass is 16.1. The Morgan fingerprint density at radius 1 is 0.931 bits per heavy atom. The van der Waals surface area contributed by atoms with Gasteiger partial charge in [-0.1, -0.05) is 62.9 Å². The van der Waals surface area contributed by atoms with Crippen molar-refractivity contribution in [3.8, 4) is 0 Å². The van der Waals surface area contributed by atoms with E-state index in [4.69, 9.17) is 0 Å². The molecular weight excluding hydrogens is 360 g/mol. The van der Waals surface area contributed by atoms with Gasteiger partial charge in [0.05, 0.1) is 0 Å². The maximum atomic E-state index is 13.4. The Kier molecular flexibility index (Phi) is 9.76. The van der Waals surface area contributed by atoms with E-state index in [2.05, 4.69) is 19.1 Å². The van der Waals surface area contributed by atoms with Crippen LogP contribution in [0.25, 0.3) is 0 Å². The molecule has 0 aliphatic heterocycles. The minimum absolute atomic E-state index is 0.0806. The molecule has 1 saturated carbocycles. The van der Waals surface area contributed by atoms with Crippen LogP contribution >= 0.6 is 0 Å². The lowest BCUT2D eigenvalue weighted by Crippen LogP contribution is -2.31. The van der Waals surface area contributed by atoms with Crippen LogP contribution in [0.15, 0.2) is 30.3 Å². The van der Waals surface area contributed by atoms with Crippen molar-refractivity contribution in [2.45, 2.75) is 85.0 Å². The number of unbranched alkanes of at least 4 members (excludes halogenated alkanes) is 2. The van der Waals surface area contributed by atoms with Gasteiger partial charge in [-0.05, 0) is 57.9 Å². The number of carbonyl (C=O) groups is 3. The van der Waals surface area contributed by atoms with Gasteiger partial charge in [-0.15, -0.1) is 0 Å². The van der Waals surface area contributed by atoms with E-state index in [1.807, 2.05) is 18.2 Å². The van der Waals surface area contributed by atoms with Gasteiger partial charge in [0, 0.05) is 23.7 Å². The summed E-state index contributed by atoms with van der Waals surface area (Å²) in [6, 6.07) is 10.2. The predicted octanol–water partition coefficient (Wildman–Crippen LogP) is 5.99. The summed E-state index contributed by atoms with van der Waals surface area (Å²) in [6.07, 6.45) is 9.04.